The van der Waals surface area contributed by atoms with Gasteiger partial charge in [0.05, 0.1) is 5.56 Å². The maximum atomic E-state index is 12.4. The van der Waals surface area contributed by atoms with Crippen LogP contribution in [0.1, 0.15) is 43.0 Å². The number of para-hydroxylation sites is 1. The van der Waals surface area contributed by atoms with Gasteiger partial charge >= 0.3 is 0 Å². The van der Waals surface area contributed by atoms with E-state index in [0.29, 0.717) is 11.5 Å². The molecule has 0 spiro atoms. The summed E-state index contributed by atoms with van der Waals surface area (Å²) in [6, 6.07) is 7.82. The summed E-state index contributed by atoms with van der Waals surface area (Å²) >= 11 is 0. The number of nitrogens with zero attached hydrogens (tertiary/aromatic N) is 1. The van der Waals surface area contributed by atoms with Gasteiger partial charge in [-0.1, -0.05) is 24.6 Å². The lowest BCUT2D eigenvalue weighted by molar-refractivity contribution is 0.0956. The smallest absolute Gasteiger partial charge is 0.273 e. The second-order valence-electron chi connectivity index (χ2n) is 6.72. The van der Waals surface area contributed by atoms with Crippen molar-refractivity contribution in [1.29, 1.82) is 0 Å². The van der Waals surface area contributed by atoms with E-state index in [1.807, 2.05) is 24.3 Å². The Labute approximate surface area is 130 Å². The quantitative estimate of drug-likeness (QED) is 0.658. The highest BCUT2D eigenvalue weighted by Gasteiger charge is 2.40. The number of amides is 1. The van der Waals surface area contributed by atoms with Gasteiger partial charge in [0.15, 0.2) is 0 Å². The highest BCUT2D eigenvalue weighted by Crippen LogP contribution is 2.48. The fraction of sp³-hybridized carbons (Fsp3) is 0.444. The summed E-state index contributed by atoms with van der Waals surface area (Å²) in [5.74, 6) is 2.12. The molecule has 0 saturated heterocycles. The number of H-pyrrole nitrogens is 1. The van der Waals surface area contributed by atoms with Gasteiger partial charge in [-0.3, -0.25) is 4.79 Å². The Hall–Kier alpha value is -2.10. The van der Waals surface area contributed by atoms with Crippen LogP contribution in [-0.2, 0) is 0 Å². The molecule has 0 unspecified atom stereocenters. The number of carbonyl (C=O) groups is 1. The first kappa shape index (κ1) is 13.6. The number of hydrogen-bond acceptors (Lipinski definition) is 2. The second-order valence-corrected chi connectivity index (χ2v) is 6.72. The van der Waals surface area contributed by atoms with Crippen LogP contribution in [0.5, 0.6) is 0 Å². The van der Waals surface area contributed by atoms with Crippen molar-refractivity contribution in [2.45, 2.75) is 32.6 Å². The maximum absolute atomic E-state index is 12.4. The number of hydrogen-bond donors (Lipinski definition) is 2. The molecule has 4 nitrogen and oxygen atoms in total. The van der Waals surface area contributed by atoms with Crippen LogP contribution in [0.2, 0.25) is 0 Å². The van der Waals surface area contributed by atoms with Gasteiger partial charge in [-0.25, -0.2) is 5.43 Å². The predicted octanol–water partition coefficient (Wildman–Crippen LogP) is 3.71. The van der Waals surface area contributed by atoms with Crippen molar-refractivity contribution in [2.24, 2.45) is 22.9 Å². The van der Waals surface area contributed by atoms with E-state index in [0.717, 1.165) is 28.5 Å². The van der Waals surface area contributed by atoms with Crippen molar-refractivity contribution in [2.75, 3.05) is 0 Å². The highest BCUT2D eigenvalue weighted by atomic mass is 16.2. The first-order chi connectivity index (χ1) is 10.7. The Balaban J connectivity index is 1.49. The molecule has 0 aliphatic heterocycles. The maximum Gasteiger partial charge on any atom is 0.273 e. The lowest BCUT2D eigenvalue weighted by Gasteiger charge is -2.21. The molecule has 2 aliphatic carbocycles. The van der Waals surface area contributed by atoms with E-state index < -0.39 is 0 Å². The highest BCUT2D eigenvalue weighted by molar-refractivity contribution is 6.07. The zero-order valence-electron chi connectivity index (χ0n) is 12.8. The molecule has 2 saturated carbocycles. The minimum Gasteiger partial charge on any atom is -0.360 e. The zero-order chi connectivity index (χ0) is 15.1. The average Bonchev–Trinajstić information content (AvgIpc) is 3.26. The molecule has 2 fully saturated rings. The minimum atomic E-state index is -0.139. The number of benzene rings is 1. The van der Waals surface area contributed by atoms with Crippen molar-refractivity contribution in [3.05, 3.63) is 36.0 Å². The van der Waals surface area contributed by atoms with Crippen LogP contribution in [0.4, 0.5) is 0 Å². The molecule has 3 atom stereocenters. The van der Waals surface area contributed by atoms with Gasteiger partial charge in [0, 0.05) is 28.7 Å². The third kappa shape index (κ3) is 2.23. The largest absolute Gasteiger partial charge is 0.360 e. The molecule has 2 bridgehead atoms. The van der Waals surface area contributed by atoms with E-state index in [9.17, 15) is 4.79 Å². The molecule has 22 heavy (non-hydrogen) atoms. The van der Waals surface area contributed by atoms with Crippen LogP contribution in [0, 0.1) is 17.8 Å². The molecule has 1 amide bonds. The third-order valence-corrected chi connectivity index (χ3v) is 5.44. The summed E-state index contributed by atoms with van der Waals surface area (Å²) in [6.45, 7) is 2.06. The Morgan fingerprint density at radius 1 is 1.27 bits per heavy atom. The summed E-state index contributed by atoms with van der Waals surface area (Å²) in [7, 11) is 0. The summed E-state index contributed by atoms with van der Waals surface area (Å²) in [5, 5.41) is 5.33. The summed E-state index contributed by atoms with van der Waals surface area (Å²) < 4.78 is 0. The van der Waals surface area contributed by atoms with Crippen LogP contribution in [0.15, 0.2) is 35.6 Å². The van der Waals surface area contributed by atoms with Gasteiger partial charge < -0.3 is 4.98 Å². The first-order valence-electron chi connectivity index (χ1n) is 8.13. The molecule has 2 aromatic rings. The molecular formula is C18H21N3O. The van der Waals surface area contributed by atoms with Gasteiger partial charge in [0.25, 0.3) is 5.91 Å². The molecule has 1 heterocycles. The molecule has 2 aliphatic rings. The molecular weight excluding hydrogens is 274 g/mol. The number of nitrogens with one attached hydrogen (secondary N) is 2. The first-order valence-corrected chi connectivity index (χ1v) is 8.13. The van der Waals surface area contributed by atoms with E-state index in [-0.39, 0.29) is 5.91 Å². The number of aromatic nitrogens is 1. The van der Waals surface area contributed by atoms with E-state index in [1.165, 1.54) is 25.7 Å². The summed E-state index contributed by atoms with van der Waals surface area (Å²) in [6.07, 6.45) is 7.08. The lowest BCUT2D eigenvalue weighted by atomic mass is 9.86. The summed E-state index contributed by atoms with van der Waals surface area (Å²) in [4.78, 5) is 15.5. The van der Waals surface area contributed by atoms with Crippen molar-refractivity contribution in [1.82, 2.24) is 10.4 Å². The van der Waals surface area contributed by atoms with Crippen LogP contribution in [0.3, 0.4) is 0 Å². The average molecular weight is 295 g/mol. The predicted molar refractivity (Wildman–Crippen MR) is 87.8 cm³/mol. The molecule has 4 rings (SSSR count). The molecule has 114 valence electrons. The Bertz CT molecular complexity index is 746. The monoisotopic (exact) mass is 295 g/mol. The Kier molecular flexibility index (Phi) is 3.25. The SMILES string of the molecule is C/C(=N\NC(=O)c1c[nH]c2ccccc12)[C@@H]1C[C@H]2CC[C@H]1C2. The standard InChI is InChI=1S/C18H21N3O/c1-11(15-9-12-6-7-13(15)8-12)20-21-18(22)16-10-19-17-5-3-2-4-14(16)17/h2-5,10,12-13,15,19H,6-9H2,1H3,(H,21,22)/b20-11+/t12-,13-,15-/m0/s1. The van der Waals surface area contributed by atoms with Crippen molar-refractivity contribution in [3.63, 3.8) is 0 Å². The van der Waals surface area contributed by atoms with E-state index in [1.54, 1.807) is 6.20 Å². The van der Waals surface area contributed by atoms with Crippen LogP contribution < -0.4 is 5.43 Å². The third-order valence-electron chi connectivity index (χ3n) is 5.44. The number of carbonyl (C=O) groups excluding carboxylic acids is 1. The van der Waals surface area contributed by atoms with Crippen molar-refractivity contribution < 1.29 is 4.79 Å². The normalized spacial score (nSPS) is 27.5. The van der Waals surface area contributed by atoms with Gasteiger partial charge in [0.2, 0.25) is 0 Å². The molecule has 4 heteroatoms. The van der Waals surface area contributed by atoms with Crippen LogP contribution in [0.25, 0.3) is 10.9 Å². The van der Waals surface area contributed by atoms with Crippen molar-refractivity contribution in [3.8, 4) is 0 Å². The Morgan fingerprint density at radius 2 is 2.14 bits per heavy atom. The van der Waals surface area contributed by atoms with Crippen LogP contribution in [-0.4, -0.2) is 16.6 Å². The number of hydrazone groups is 1. The van der Waals surface area contributed by atoms with Gasteiger partial charge in [-0.2, -0.15) is 5.10 Å². The zero-order valence-corrected chi connectivity index (χ0v) is 12.8. The van der Waals surface area contributed by atoms with Crippen molar-refractivity contribution >= 4 is 22.5 Å². The topological polar surface area (TPSA) is 57.2 Å². The van der Waals surface area contributed by atoms with Gasteiger partial charge in [-0.05, 0) is 44.1 Å². The van der Waals surface area contributed by atoms with Crippen LogP contribution >= 0.6 is 0 Å². The fourth-order valence-electron chi connectivity index (χ4n) is 4.30. The van der Waals surface area contributed by atoms with Gasteiger partial charge in [-0.15, -0.1) is 0 Å². The second kappa shape index (κ2) is 5.27. The van der Waals surface area contributed by atoms with E-state index in [2.05, 4.69) is 22.4 Å². The summed E-state index contributed by atoms with van der Waals surface area (Å²) in [5.41, 5.74) is 5.45. The minimum absolute atomic E-state index is 0.139. The Morgan fingerprint density at radius 3 is 2.91 bits per heavy atom. The molecule has 1 aromatic heterocycles. The lowest BCUT2D eigenvalue weighted by Crippen LogP contribution is -2.24. The van der Waals surface area contributed by atoms with Gasteiger partial charge in [0.1, 0.15) is 0 Å². The van der Waals surface area contributed by atoms with E-state index in [4.69, 9.17) is 0 Å². The fourth-order valence-corrected chi connectivity index (χ4v) is 4.30. The van der Waals surface area contributed by atoms with E-state index >= 15 is 0 Å². The molecule has 2 N–H and O–H groups in total. The number of rotatable bonds is 3. The molecule has 0 radical (unpaired) electrons. The molecule has 1 aromatic carbocycles. The number of aromatic amines is 1. The number of fused-ring (bicyclic) bond motifs is 3.